The predicted octanol–water partition coefficient (Wildman–Crippen LogP) is 2.19. The summed E-state index contributed by atoms with van der Waals surface area (Å²) < 4.78 is 11.4. The van der Waals surface area contributed by atoms with Crippen LogP contribution in [0.1, 0.15) is 31.1 Å². The Kier molecular flexibility index (Phi) is 4.34. The van der Waals surface area contributed by atoms with E-state index in [1.54, 1.807) is 6.92 Å². The molecule has 5 nitrogen and oxygen atoms in total. The fourth-order valence-electron chi connectivity index (χ4n) is 2.84. The summed E-state index contributed by atoms with van der Waals surface area (Å²) >= 11 is 0. The van der Waals surface area contributed by atoms with E-state index in [0.717, 1.165) is 29.6 Å². The van der Waals surface area contributed by atoms with Gasteiger partial charge in [0.1, 0.15) is 17.1 Å². The van der Waals surface area contributed by atoms with Gasteiger partial charge in [0.2, 0.25) is 0 Å². The van der Waals surface area contributed by atoms with Crippen LogP contribution in [0.2, 0.25) is 0 Å². The number of aliphatic hydroxyl groups is 1. The minimum Gasteiger partial charge on any atom is -0.484 e. The van der Waals surface area contributed by atoms with Crippen LogP contribution in [0.5, 0.6) is 5.75 Å². The Morgan fingerprint density at radius 3 is 3.05 bits per heavy atom. The molecule has 1 aromatic heterocycles. The van der Waals surface area contributed by atoms with Crippen molar-refractivity contribution in [3.8, 4) is 5.75 Å². The molecule has 2 aromatic rings. The summed E-state index contributed by atoms with van der Waals surface area (Å²) in [5, 5.41) is 12.7. The van der Waals surface area contributed by atoms with Gasteiger partial charge in [0.05, 0.1) is 6.61 Å². The zero-order valence-electron chi connectivity index (χ0n) is 12.7. The molecule has 0 saturated carbocycles. The molecule has 0 spiro atoms. The molecule has 0 bridgehead atoms. The van der Waals surface area contributed by atoms with Gasteiger partial charge in [0, 0.05) is 23.4 Å². The smallest absolute Gasteiger partial charge is 0.258 e. The summed E-state index contributed by atoms with van der Waals surface area (Å²) in [5.41, 5.74) is 2.17. The number of ether oxygens (including phenoxy) is 1. The van der Waals surface area contributed by atoms with Gasteiger partial charge in [-0.25, -0.2) is 0 Å². The maximum absolute atomic E-state index is 11.7. The number of rotatable bonds is 5. The van der Waals surface area contributed by atoms with E-state index in [2.05, 4.69) is 5.32 Å². The molecule has 3 rings (SSSR count). The van der Waals surface area contributed by atoms with Crippen molar-refractivity contribution >= 4 is 16.9 Å². The number of aryl methyl sites for hydroxylation is 2. The maximum atomic E-state index is 11.7. The van der Waals surface area contributed by atoms with E-state index in [4.69, 9.17) is 14.3 Å². The Morgan fingerprint density at radius 1 is 1.41 bits per heavy atom. The number of amides is 1. The second-order valence-corrected chi connectivity index (χ2v) is 5.81. The monoisotopic (exact) mass is 303 g/mol. The number of hydrogen-bond donors (Lipinski definition) is 2. The third-order valence-electron chi connectivity index (χ3n) is 3.98. The van der Waals surface area contributed by atoms with Crippen molar-refractivity contribution in [2.45, 2.75) is 38.6 Å². The van der Waals surface area contributed by atoms with E-state index in [0.29, 0.717) is 5.75 Å². The topological polar surface area (TPSA) is 71.7 Å². The summed E-state index contributed by atoms with van der Waals surface area (Å²) in [4.78, 5) is 11.7. The highest BCUT2D eigenvalue weighted by molar-refractivity contribution is 5.84. The number of benzene rings is 1. The van der Waals surface area contributed by atoms with Gasteiger partial charge < -0.3 is 19.6 Å². The average Bonchev–Trinajstić information content (AvgIpc) is 2.90. The maximum Gasteiger partial charge on any atom is 0.258 e. The minimum atomic E-state index is -0.264. The zero-order valence-corrected chi connectivity index (χ0v) is 12.7. The first-order valence-electron chi connectivity index (χ1n) is 7.74. The highest BCUT2D eigenvalue weighted by Crippen LogP contribution is 2.33. The van der Waals surface area contributed by atoms with E-state index in [1.165, 1.54) is 18.4 Å². The third-order valence-corrected chi connectivity index (χ3v) is 3.98. The van der Waals surface area contributed by atoms with Crippen LogP contribution < -0.4 is 10.1 Å². The van der Waals surface area contributed by atoms with Crippen LogP contribution in [0, 0.1) is 0 Å². The van der Waals surface area contributed by atoms with E-state index in [-0.39, 0.29) is 25.2 Å². The van der Waals surface area contributed by atoms with Gasteiger partial charge in [-0.15, -0.1) is 0 Å². The van der Waals surface area contributed by atoms with E-state index >= 15 is 0 Å². The van der Waals surface area contributed by atoms with Crippen molar-refractivity contribution in [2.75, 3.05) is 13.2 Å². The molecule has 1 heterocycles. The van der Waals surface area contributed by atoms with Gasteiger partial charge in [-0.3, -0.25) is 4.79 Å². The van der Waals surface area contributed by atoms with E-state index < -0.39 is 0 Å². The fourth-order valence-corrected chi connectivity index (χ4v) is 2.84. The molecule has 0 aliphatic heterocycles. The lowest BCUT2D eigenvalue weighted by Crippen LogP contribution is -2.38. The van der Waals surface area contributed by atoms with Crippen molar-refractivity contribution in [1.29, 1.82) is 0 Å². The third kappa shape index (κ3) is 3.09. The van der Waals surface area contributed by atoms with Crippen LogP contribution in [0.25, 0.3) is 11.0 Å². The molecule has 22 heavy (non-hydrogen) atoms. The number of hydrogen-bond acceptors (Lipinski definition) is 4. The van der Waals surface area contributed by atoms with Crippen molar-refractivity contribution in [1.82, 2.24) is 5.32 Å². The number of nitrogens with one attached hydrogen (secondary N) is 1. The van der Waals surface area contributed by atoms with Crippen molar-refractivity contribution < 1.29 is 19.1 Å². The molecule has 0 saturated heterocycles. The summed E-state index contributed by atoms with van der Waals surface area (Å²) in [7, 11) is 0. The molecule has 0 fully saturated rings. The SMILES string of the molecule is CC(CO)NC(=O)COc1ccc2oc3c(c2c1)CCCC3. The molecule has 118 valence electrons. The quantitative estimate of drug-likeness (QED) is 0.888. The normalized spacial score (nSPS) is 15.4. The second-order valence-electron chi connectivity index (χ2n) is 5.81. The first-order chi connectivity index (χ1) is 10.7. The lowest BCUT2D eigenvalue weighted by atomic mass is 9.96. The highest BCUT2D eigenvalue weighted by atomic mass is 16.5. The molecular weight excluding hydrogens is 282 g/mol. The Bertz CT molecular complexity index is 677. The van der Waals surface area contributed by atoms with Crippen molar-refractivity contribution in [3.05, 3.63) is 29.5 Å². The standard InChI is InChI=1S/C17H21NO4/c1-11(9-19)18-17(20)10-21-12-6-7-16-14(8-12)13-4-2-3-5-15(13)22-16/h6-8,11,19H,2-5,9-10H2,1H3,(H,18,20). The van der Waals surface area contributed by atoms with Crippen molar-refractivity contribution in [2.24, 2.45) is 0 Å². The average molecular weight is 303 g/mol. The molecule has 1 amide bonds. The van der Waals surface area contributed by atoms with Crippen LogP contribution in [-0.2, 0) is 17.6 Å². The fraction of sp³-hybridized carbons (Fsp3) is 0.471. The van der Waals surface area contributed by atoms with Gasteiger partial charge in [-0.1, -0.05) is 0 Å². The number of fused-ring (bicyclic) bond motifs is 3. The molecule has 1 atom stereocenters. The molecule has 1 aromatic carbocycles. The molecular formula is C17H21NO4. The Morgan fingerprint density at radius 2 is 2.23 bits per heavy atom. The van der Waals surface area contributed by atoms with Gasteiger partial charge in [-0.2, -0.15) is 0 Å². The van der Waals surface area contributed by atoms with Crippen LogP contribution in [-0.4, -0.2) is 30.3 Å². The summed E-state index contributed by atoms with van der Waals surface area (Å²) in [6.07, 6.45) is 4.41. The van der Waals surface area contributed by atoms with Crippen LogP contribution in [0.15, 0.2) is 22.6 Å². The van der Waals surface area contributed by atoms with Gasteiger partial charge in [0.25, 0.3) is 5.91 Å². The van der Waals surface area contributed by atoms with Gasteiger partial charge in [0.15, 0.2) is 6.61 Å². The molecule has 2 N–H and O–H groups in total. The zero-order chi connectivity index (χ0) is 15.5. The molecule has 5 heteroatoms. The van der Waals surface area contributed by atoms with Gasteiger partial charge >= 0.3 is 0 Å². The number of carbonyl (C=O) groups excluding carboxylic acids is 1. The van der Waals surface area contributed by atoms with E-state index in [1.807, 2.05) is 18.2 Å². The molecule has 1 unspecified atom stereocenters. The first-order valence-corrected chi connectivity index (χ1v) is 7.74. The van der Waals surface area contributed by atoms with Crippen LogP contribution in [0.3, 0.4) is 0 Å². The first kappa shape index (κ1) is 14.9. The summed E-state index contributed by atoms with van der Waals surface area (Å²) in [6, 6.07) is 5.41. The predicted molar refractivity (Wildman–Crippen MR) is 83.0 cm³/mol. The summed E-state index contributed by atoms with van der Waals surface area (Å²) in [5.74, 6) is 1.51. The Hall–Kier alpha value is -2.01. The number of carbonyl (C=O) groups is 1. The van der Waals surface area contributed by atoms with Gasteiger partial charge in [-0.05, 0) is 44.4 Å². The number of furan rings is 1. The molecule has 0 radical (unpaired) electrons. The van der Waals surface area contributed by atoms with Crippen LogP contribution >= 0.6 is 0 Å². The highest BCUT2D eigenvalue weighted by Gasteiger charge is 2.18. The molecule has 1 aliphatic carbocycles. The minimum absolute atomic E-state index is 0.0596. The van der Waals surface area contributed by atoms with Crippen LogP contribution in [0.4, 0.5) is 0 Å². The largest absolute Gasteiger partial charge is 0.484 e. The Balaban J connectivity index is 1.71. The lowest BCUT2D eigenvalue weighted by molar-refractivity contribution is -0.123. The summed E-state index contributed by atoms with van der Waals surface area (Å²) in [6.45, 7) is 1.59. The second kappa shape index (κ2) is 6.40. The van der Waals surface area contributed by atoms with Crippen molar-refractivity contribution in [3.63, 3.8) is 0 Å². The lowest BCUT2D eigenvalue weighted by Gasteiger charge is -2.12. The molecule has 1 aliphatic rings. The Labute approximate surface area is 129 Å². The van der Waals surface area contributed by atoms with E-state index in [9.17, 15) is 4.79 Å². The number of aliphatic hydroxyl groups excluding tert-OH is 1.